The van der Waals surface area contributed by atoms with Gasteiger partial charge < -0.3 is 4.42 Å². The smallest absolute Gasteiger partial charge is 0.428 e. The number of rotatable bonds is 0. The monoisotopic (exact) mass is 232 g/mol. The second-order valence-electron chi connectivity index (χ2n) is 3.38. The molecule has 0 atom stereocenters. The lowest BCUT2D eigenvalue weighted by Crippen LogP contribution is -2.23. The summed E-state index contributed by atoms with van der Waals surface area (Å²) < 4.78 is 43.4. The van der Waals surface area contributed by atoms with Gasteiger partial charge in [-0.1, -0.05) is 0 Å². The Kier molecular flexibility index (Phi) is 2.08. The van der Waals surface area contributed by atoms with Crippen LogP contribution in [-0.2, 0) is 6.18 Å². The molecule has 0 amide bonds. The molecule has 16 heavy (non-hydrogen) atoms. The number of fused-ring (bicyclic) bond motifs is 1. The second-order valence-corrected chi connectivity index (χ2v) is 3.38. The van der Waals surface area contributed by atoms with Crippen LogP contribution in [0.15, 0.2) is 15.4 Å². The van der Waals surface area contributed by atoms with Gasteiger partial charge in [0.2, 0.25) is 0 Å². The highest BCUT2D eigenvalue weighted by Gasteiger charge is 2.36. The Hall–Kier alpha value is -1.79. The first-order chi connectivity index (χ1) is 7.30. The van der Waals surface area contributed by atoms with E-state index >= 15 is 0 Å². The highest BCUT2D eigenvalue weighted by molar-refractivity contribution is 5.32. The highest BCUT2D eigenvalue weighted by Crippen LogP contribution is 2.29. The highest BCUT2D eigenvalue weighted by atomic mass is 19.4. The Labute approximate surface area is 87.3 Å². The minimum absolute atomic E-state index is 0.323. The van der Waals surface area contributed by atoms with Crippen LogP contribution in [0.2, 0.25) is 0 Å². The maximum absolute atomic E-state index is 12.5. The van der Waals surface area contributed by atoms with Crippen LogP contribution in [0.3, 0.4) is 0 Å². The first-order valence-corrected chi connectivity index (χ1v) is 4.37. The first-order valence-electron chi connectivity index (χ1n) is 4.37. The van der Waals surface area contributed by atoms with E-state index in [0.717, 1.165) is 11.3 Å². The number of hydrogen-bond acceptors (Lipinski definition) is 3. The van der Waals surface area contributed by atoms with Crippen LogP contribution >= 0.6 is 0 Å². The van der Waals surface area contributed by atoms with Gasteiger partial charge in [0.15, 0.2) is 5.69 Å². The molecule has 0 bridgehead atoms. The molecule has 0 aliphatic rings. The maximum atomic E-state index is 12.5. The van der Waals surface area contributed by atoms with Crippen LogP contribution in [0.1, 0.15) is 17.0 Å². The molecular weight excluding hydrogens is 225 g/mol. The van der Waals surface area contributed by atoms with Crippen molar-refractivity contribution in [1.29, 1.82) is 0 Å². The van der Waals surface area contributed by atoms with E-state index in [-0.39, 0.29) is 5.84 Å². The molecule has 86 valence electrons. The van der Waals surface area contributed by atoms with Crippen LogP contribution < -0.4 is 5.56 Å². The molecule has 0 saturated carbocycles. The average Bonchev–Trinajstić information content (AvgIpc) is 2.51. The summed E-state index contributed by atoms with van der Waals surface area (Å²) in [4.78, 5) is 14.9. The summed E-state index contributed by atoms with van der Waals surface area (Å²) in [5.74, 6) is -0.0243. The maximum Gasteiger partial charge on any atom is 0.434 e. The molecular formula is C9H7F3N2O2. The number of oxazole rings is 1. The average molecular weight is 232 g/mol. The van der Waals surface area contributed by atoms with Crippen molar-refractivity contribution >= 4 is 5.84 Å². The summed E-state index contributed by atoms with van der Waals surface area (Å²) in [6.07, 6.45) is -3.35. The van der Waals surface area contributed by atoms with Crippen LogP contribution in [0.5, 0.6) is 0 Å². The van der Waals surface area contributed by atoms with Crippen molar-refractivity contribution in [1.82, 2.24) is 9.38 Å². The largest absolute Gasteiger partial charge is 0.434 e. The van der Waals surface area contributed by atoms with Gasteiger partial charge in [-0.3, -0.25) is 4.79 Å². The molecule has 2 heterocycles. The van der Waals surface area contributed by atoms with Gasteiger partial charge in [0.25, 0.3) is 5.56 Å². The van der Waals surface area contributed by atoms with Gasteiger partial charge in [0, 0.05) is 5.56 Å². The minimum Gasteiger partial charge on any atom is -0.428 e. The number of alkyl halides is 3. The molecule has 0 aliphatic heterocycles. The number of hydrogen-bond donors (Lipinski definition) is 0. The third-order valence-corrected chi connectivity index (χ3v) is 2.14. The third-order valence-electron chi connectivity index (χ3n) is 2.14. The molecule has 2 aromatic rings. The minimum atomic E-state index is -4.65. The van der Waals surface area contributed by atoms with E-state index in [2.05, 4.69) is 4.98 Å². The van der Waals surface area contributed by atoms with Crippen molar-refractivity contribution in [2.75, 3.05) is 0 Å². The van der Waals surface area contributed by atoms with Gasteiger partial charge in [0.1, 0.15) is 5.76 Å². The van der Waals surface area contributed by atoms with Crippen molar-refractivity contribution in [2.24, 2.45) is 0 Å². The van der Waals surface area contributed by atoms with Crippen LogP contribution in [0.25, 0.3) is 5.84 Å². The number of aromatic nitrogens is 2. The molecule has 0 fully saturated rings. The predicted molar refractivity (Wildman–Crippen MR) is 48.2 cm³/mol. The predicted octanol–water partition coefficient (Wildman–Crippen LogP) is 1.92. The van der Waals surface area contributed by atoms with E-state index in [1.165, 1.54) is 13.1 Å². The van der Waals surface area contributed by atoms with Gasteiger partial charge in [0.05, 0.1) is 6.20 Å². The molecule has 2 aromatic heterocycles. The lowest BCUT2D eigenvalue weighted by atomic mass is 10.2. The van der Waals surface area contributed by atoms with E-state index in [1.807, 2.05) is 0 Å². The Bertz CT molecular complexity index is 609. The molecule has 2 rings (SSSR count). The zero-order valence-electron chi connectivity index (χ0n) is 8.42. The van der Waals surface area contributed by atoms with Crippen molar-refractivity contribution in [3.8, 4) is 0 Å². The van der Waals surface area contributed by atoms with E-state index in [4.69, 9.17) is 4.42 Å². The van der Waals surface area contributed by atoms with Crippen LogP contribution in [-0.4, -0.2) is 9.38 Å². The fourth-order valence-corrected chi connectivity index (χ4v) is 1.42. The topological polar surface area (TPSA) is 47.5 Å². The molecule has 4 nitrogen and oxygen atoms in total. The molecule has 0 aromatic carbocycles. The van der Waals surface area contributed by atoms with E-state index < -0.39 is 23.0 Å². The fourth-order valence-electron chi connectivity index (χ4n) is 1.42. The van der Waals surface area contributed by atoms with Gasteiger partial charge in [-0.25, -0.2) is 4.40 Å². The summed E-state index contributed by atoms with van der Waals surface area (Å²) >= 11 is 0. The molecule has 0 spiro atoms. The molecule has 0 saturated heterocycles. The van der Waals surface area contributed by atoms with Gasteiger partial charge >= 0.3 is 12.0 Å². The summed E-state index contributed by atoms with van der Waals surface area (Å²) in [5.41, 5.74) is -2.41. The van der Waals surface area contributed by atoms with Gasteiger partial charge in [-0.05, 0) is 13.8 Å². The first kappa shape index (κ1) is 10.7. The second kappa shape index (κ2) is 3.10. The Balaban J connectivity index is 2.89. The lowest BCUT2D eigenvalue weighted by molar-refractivity contribution is -0.141. The Morgan fingerprint density at radius 1 is 1.38 bits per heavy atom. The van der Waals surface area contributed by atoms with Crippen molar-refractivity contribution in [2.45, 2.75) is 20.0 Å². The van der Waals surface area contributed by atoms with E-state index in [0.29, 0.717) is 5.76 Å². The molecule has 0 unspecified atom stereocenters. The third kappa shape index (κ3) is 1.48. The number of nitrogens with zero attached hydrogens (tertiary/aromatic N) is 2. The van der Waals surface area contributed by atoms with Crippen LogP contribution in [0.4, 0.5) is 13.2 Å². The molecule has 0 N–H and O–H groups in total. The quantitative estimate of drug-likeness (QED) is 0.697. The molecule has 0 radical (unpaired) electrons. The van der Waals surface area contributed by atoms with E-state index in [9.17, 15) is 18.0 Å². The molecule has 7 heteroatoms. The van der Waals surface area contributed by atoms with Crippen molar-refractivity contribution in [3.63, 3.8) is 0 Å². The van der Waals surface area contributed by atoms with Crippen LogP contribution in [0, 0.1) is 13.8 Å². The van der Waals surface area contributed by atoms with Crippen molar-refractivity contribution < 1.29 is 17.6 Å². The zero-order chi connectivity index (χ0) is 12.1. The zero-order valence-corrected chi connectivity index (χ0v) is 8.42. The summed E-state index contributed by atoms with van der Waals surface area (Å²) in [6, 6.07) is 0. The fraction of sp³-hybridized carbons (Fsp3) is 0.333. The number of halogens is 3. The summed E-state index contributed by atoms with van der Waals surface area (Å²) in [7, 11) is 0. The Morgan fingerprint density at radius 2 is 2.00 bits per heavy atom. The Morgan fingerprint density at radius 3 is 2.56 bits per heavy atom. The number of aryl methyl sites for hydroxylation is 1. The SMILES string of the molecule is Cc1cn2c(=O)c(C)c(C(F)(F)F)nc2o1. The lowest BCUT2D eigenvalue weighted by Gasteiger charge is -2.07. The van der Waals surface area contributed by atoms with Crippen molar-refractivity contribution in [3.05, 3.63) is 33.6 Å². The van der Waals surface area contributed by atoms with E-state index in [1.54, 1.807) is 0 Å². The van der Waals surface area contributed by atoms with Gasteiger partial charge in [-0.2, -0.15) is 18.2 Å². The normalized spacial score (nSPS) is 12.3. The molecule has 0 aliphatic carbocycles. The summed E-state index contributed by atoms with van der Waals surface area (Å²) in [6.45, 7) is 2.61. The summed E-state index contributed by atoms with van der Waals surface area (Å²) in [5, 5.41) is 0. The van der Waals surface area contributed by atoms with Gasteiger partial charge in [-0.15, -0.1) is 0 Å². The standard InChI is InChI=1S/C9H7F3N2O2/c1-4-3-14-7(15)5(2)6(9(10,11)12)13-8(14)16-4/h3H,1-2H3.